The van der Waals surface area contributed by atoms with Crippen molar-refractivity contribution in [3.8, 4) is 0 Å². The average molecular weight is 486 g/mol. The van der Waals surface area contributed by atoms with Crippen LogP contribution in [0.25, 0.3) is 0 Å². The van der Waals surface area contributed by atoms with Gasteiger partial charge in [0.25, 0.3) is 0 Å². The van der Waals surface area contributed by atoms with E-state index in [0.29, 0.717) is 0 Å². The molecule has 0 aliphatic rings. The van der Waals surface area contributed by atoms with E-state index in [-0.39, 0.29) is 99.6 Å². The zero-order chi connectivity index (χ0) is 21.3. The van der Waals surface area contributed by atoms with Crippen LogP contribution in [-0.4, -0.2) is 83.5 Å². The fourth-order valence-electron chi connectivity index (χ4n) is 1.40. The van der Waals surface area contributed by atoms with Gasteiger partial charge in [-0.05, 0) is 0 Å². The van der Waals surface area contributed by atoms with Crippen LogP contribution in [0.3, 0.4) is 0 Å². The van der Waals surface area contributed by atoms with E-state index in [4.69, 9.17) is 25.5 Å². The summed E-state index contributed by atoms with van der Waals surface area (Å²) in [7, 11) is 0. The smallest absolute Gasteiger partial charge is 0.550 e. The van der Waals surface area contributed by atoms with Crippen LogP contribution in [0.4, 0.5) is 0 Å². The zero-order valence-corrected chi connectivity index (χ0v) is 22.7. The summed E-state index contributed by atoms with van der Waals surface area (Å²) in [5.41, 5.74) is -5.71. The SMILES string of the molecule is O.O.O=C(O)CC(O)(CC(=O)O)C(=O)O.O=C([O-])CC(O)(CC(=O)[O-])C(=O)[O-].[Na+].[Na+].[Na+]. The molecule has 0 aromatic rings. The minimum absolute atomic E-state index is 0. The predicted octanol–water partition coefficient (Wildman–Crippen LogP) is -17.1. The van der Waals surface area contributed by atoms with E-state index in [1.165, 1.54) is 0 Å². The van der Waals surface area contributed by atoms with Gasteiger partial charge in [0.2, 0.25) is 0 Å². The number of rotatable bonds is 10. The second-order valence-electron chi connectivity index (χ2n) is 4.89. The van der Waals surface area contributed by atoms with Gasteiger partial charge < -0.3 is 66.2 Å². The Bertz CT molecular complexity index is 523. The summed E-state index contributed by atoms with van der Waals surface area (Å²) in [5.74, 6) is -11.0. The maximum atomic E-state index is 10.3. The van der Waals surface area contributed by atoms with Crippen LogP contribution in [0.1, 0.15) is 25.7 Å². The Kier molecular flexibility index (Phi) is 33.4. The molecule has 0 aliphatic carbocycles. The summed E-state index contributed by atoms with van der Waals surface area (Å²) >= 11 is 0. The number of carboxylic acids is 6. The van der Waals surface area contributed by atoms with E-state index in [2.05, 4.69) is 0 Å². The third-order valence-electron chi connectivity index (χ3n) is 2.54. The molecule has 0 unspecified atom stereocenters. The average Bonchev–Trinajstić information content (AvgIpc) is 2.34. The summed E-state index contributed by atoms with van der Waals surface area (Å²) in [6, 6.07) is 0. The Hall–Kier alpha value is -0.340. The number of carbonyl (C=O) groups excluding carboxylic acids is 3. The van der Waals surface area contributed by atoms with E-state index in [9.17, 15) is 44.1 Å². The van der Waals surface area contributed by atoms with Crippen molar-refractivity contribution in [2.24, 2.45) is 0 Å². The molecule has 0 atom stereocenters. The molecule has 0 rings (SSSR count). The van der Waals surface area contributed by atoms with Gasteiger partial charge >= 0.3 is 107 Å². The monoisotopic (exact) mass is 486 g/mol. The van der Waals surface area contributed by atoms with Crippen molar-refractivity contribution in [3.05, 3.63) is 0 Å². The predicted molar refractivity (Wildman–Crippen MR) is 73.5 cm³/mol. The number of aliphatic carboxylic acids is 6. The Morgan fingerprint density at radius 3 is 0.968 bits per heavy atom. The fraction of sp³-hybridized carbons (Fsp3) is 0.500. The zero-order valence-electron chi connectivity index (χ0n) is 16.7. The first kappa shape index (κ1) is 48.2. The molecule has 0 amide bonds. The molecule has 0 bridgehead atoms. The summed E-state index contributed by atoms with van der Waals surface area (Å²) < 4.78 is 0. The summed E-state index contributed by atoms with van der Waals surface area (Å²) in [5, 5.41) is 72.7. The quantitative estimate of drug-likeness (QED) is 0.179. The summed E-state index contributed by atoms with van der Waals surface area (Å²) in [4.78, 5) is 60.5. The molecular formula is C12H17Na3O16. The van der Waals surface area contributed by atoms with Gasteiger partial charge in [-0.3, -0.25) is 9.59 Å². The molecule has 16 nitrogen and oxygen atoms in total. The first-order valence-corrected chi connectivity index (χ1v) is 6.28. The first-order valence-electron chi connectivity index (χ1n) is 6.28. The molecule has 19 heteroatoms. The summed E-state index contributed by atoms with van der Waals surface area (Å²) in [6.45, 7) is 0. The van der Waals surface area contributed by atoms with Crippen LogP contribution in [0.15, 0.2) is 0 Å². The molecule has 0 fully saturated rings. The minimum Gasteiger partial charge on any atom is -0.550 e. The third kappa shape index (κ3) is 22.6. The maximum Gasteiger partial charge on any atom is 1.00 e. The standard InChI is InChI=1S/2C6H8O7.3Na.2H2O/c2*7-3(8)1-6(13,5(11)12)2-4(9)10;;;;;/h2*13H,1-2H2,(H,7,8)(H,9,10)(H,11,12);;;;2*1H2/q;;3*+1;;/p-3. The molecular weight excluding hydrogens is 469 g/mol. The number of carbonyl (C=O) groups is 6. The second kappa shape index (κ2) is 21.5. The van der Waals surface area contributed by atoms with Crippen LogP contribution in [0, 0.1) is 0 Å². The number of hydrogen-bond acceptors (Lipinski definition) is 11. The van der Waals surface area contributed by atoms with E-state index < -0.39 is 72.7 Å². The van der Waals surface area contributed by atoms with Gasteiger partial charge in [0.15, 0.2) is 5.60 Å². The Balaban J connectivity index is -0.0000000640. The molecule has 0 saturated carbocycles. The van der Waals surface area contributed by atoms with Crippen molar-refractivity contribution >= 4 is 35.8 Å². The van der Waals surface area contributed by atoms with Gasteiger partial charge in [-0.1, -0.05) is 0 Å². The van der Waals surface area contributed by atoms with Crippen molar-refractivity contribution in [2.75, 3.05) is 0 Å². The fourth-order valence-corrected chi connectivity index (χ4v) is 1.40. The van der Waals surface area contributed by atoms with E-state index in [1.54, 1.807) is 0 Å². The molecule has 0 aromatic heterocycles. The van der Waals surface area contributed by atoms with Crippen molar-refractivity contribution in [3.63, 3.8) is 0 Å². The van der Waals surface area contributed by atoms with Crippen molar-refractivity contribution in [1.29, 1.82) is 0 Å². The van der Waals surface area contributed by atoms with E-state index >= 15 is 0 Å². The van der Waals surface area contributed by atoms with E-state index in [0.717, 1.165) is 0 Å². The van der Waals surface area contributed by atoms with Crippen LogP contribution >= 0.6 is 0 Å². The molecule has 0 saturated heterocycles. The largest absolute Gasteiger partial charge is 1.00 e. The Morgan fingerprint density at radius 2 is 0.839 bits per heavy atom. The van der Waals surface area contributed by atoms with Crippen LogP contribution in [-0.2, 0) is 28.8 Å². The normalized spacial score (nSPS) is 9.10. The Morgan fingerprint density at radius 1 is 0.581 bits per heavy atom. The van der Waals surface area contributed by atoms with Gasteiger partial charge in [0.1, 0.15) is 5.60 Å². The molecule has 0 spiro atoms. The third-order valence-corrected chi connectivity index (χ3v) is 2.54. The first-order chi connectivity index (χ1) is 11.6. The van der Waals surface area contributed by atoms with E-state index in [1.807, 2.05) is 0 Å². The van der Waals surface area contributed by atoms with Gasteiger partial charge in [-0.15, -0.1) is 0 Å². The molecule has 0 radical (unpaired) electrons. The molecule has 9 N–H and O–H groups in total. The summed E-state index contributed by atoms with van der Waals surface area (Å²) in [6.07, 6.45) is -5.00. The maximum absolute atomic E-state index is 10.3. The minimum atomic E-state index is -2.97. The second-order valence-corrected chi connectivity index (χ2v) is 4.89. The van der Waals surface area contributed by atoms with Gasteiger partial charge in [-0.2, -0.15) is 0 Å². The Labute approximate surface area is 239 Å². The van der Waals surface area contributed by atoms with Crippen LogP contribution < -0.4 is 104 Å². The van der Waals surface area contributed by atoms with Crippen molar-refractivity contribution in [1.82, 2.24) is 0 Å². The number of hydrogen-bond donors (Lipinski definition) is 5. The van der Waals surface area contributed by atoms with Crippen LogP contribution in [0.5, 0.6) is 0 Å². The number of carboxylic acid groups (broad SMARTS) is 6. The van der Waals surface area contributed by atoms with Gasteiger partial charge in [0.05, 0.1) is 18.8 Å². The van der Waals surface area contributed by atoms with Gasteiger partial charge in [-0.25, -0.2) is 4.79 Å². The topological polar surface area (TPSA) is 336 Å². The molecule has 0 heterocycles. The van der Waals surface area contributed by atoms with Crippen molar-refractivity contribution < 1.29 is 169 Å². The van der Waals surface area contributed by atoms with Crippen molar-refractivity contribution in [2.45, 2.75) is 36.9 Å². The molecule has 31 heavy (non-hydrogen) atoms. The molecule has 164 valence electrons. The van der Waals surface area contributed by atoms with Gasteiger partial charge in [0, 0.05) is 24.8 Å². The van der Waals surface area contributed by atoms with Crippen LogP contribution in [0.2, 0.25) is 0 Å². The molecule has 0 aromatic carbocycles. The molecule has 0 aliphatic heterocycles. The number of aliphatic hydroxyl groups is 2.